The number of hydrazone groups is 1. The standard InChI is InChI=1S/C12H9BrN4O4/c13-10-5-7(17(19)20)1-3-9(10)11-4-2-8(21-11)6-15-16-12(14)18/h1-6H,(H3,14,16,18)/b15-6+. The second-order valence-electron chi connectivity index (χ2n) is 3.86. The van der Waals surface area contributed by atoms with Crippen molar-refractivity contribution in [2.24, 2.45) is 10.8 Å². The maximum atomic E-state index is 10.7. The lowest BCUT2D eigenvalue weighted by atomic mass is 10.1. The predicted molar refractivity (Wildman–Crippen MR) is 78.8 cm³/mol. The molecule has 9 heteroatoms. The highest BCUT2D eigenvalue weighted by molar-refractivity contribution is 9.10. The van der Waals surface area contributed by atoms with E-state index in [2.05, 4.69) is 21.0 Å². The zero-order chi connectivity index (χ0) is 15.4. The number of nitrogens with one attached hydrogen (secondary N) is 1. The molecule has 2 amide bonds. The number of benzene rings is 1. The van der Waals surface area contributed by atoms with Gasteiger partial charge in [-0.1, -0.05) is 0 Å². The Morgan fingerprint density at radius 2 is 2.19 bits per heavy atom. The Labute approximate surface area is 126 Å². The van der Waals surface area contributed by atoms with Gasteiger partial charge < -0.3 is 10.2 Å². The highest BCUT2D eigenvalue weighted by atomic mass is 79.9. The van der Waals surface area contributed by atoms with E-state index < -0.39 is 11.0 Å². The molecule has 8 nitrogen and oxygen atoms in total. The van der Waals surface area contributed by atoms with Gasteiger partial charge in [-0.05, 0) is 34.1 Å². The second kappa shape index (κ2) is 6.18. The van der Waals surface area contributed by atoms with E-state index in [0.29, 0.717) is 21.6 Å². The van der Waals surface area contributed by atoms with Crippen LogP contribution in [0.4, 0.5) is 10.5 Å². The molecule has 0 spiro atoms. The van der Waals surface area contributed by atoms with Crippen LogP contribution in [0.2, 0.25) is 0 Å². The lowest BCUT2D eigenvalue weighted by Gasteiger charge is -2.00. The predicted octanol–water partition coefficient (Wildman–Crippen LogP) is 2.62. The van der Waals surface area contributed by atoms with Gasteiger partial charge in [-0.3, -0.25) is 10.1 Å². The van der Waals surface area contributed by atoms with Crippen molar-refractivity contribution >= 4 is 33.9 Å². The number of nitrogens with two attached hydrogens (primary N) is 1. The number of furan rings is 1. The number of hydrogen-bond donors (Lipinski definition) is 2. The Hall–Kier alpha value is -2.68. The maximum Gasteiger partial charge on any atom is 0.332 e. The quantitative estimate of drug-likeness (QED) is 0.498. The first-order chi connectivity index (χ1) is 9.97. The van der Waals surface area contributed by atoms with Crippen molar-refractivity contribution in [1.82, 2.24) is 5.43 Å². The molecule has 0 unspecified atom stereocenters. The first-order valence-corrected chi connectivity index (χ1v) is 6.39. The van der Waals surface area contributed by atoms with Gasteiger partial charge in [0.05, 0.1) is 11.1 Å². The van der Waals surface area contributed by atoms with Crippen molar-refractivity contribution in [3.05, 3.63) is 50.7 Å². The largest absolute Gasteiger partial charge is 0.455 e. The summed E-state index contributed by atoms with van der Waals surface area (Å²) >= 11 is 3.26. The van der Waals surface area contributed by atoms with Gasteiger partial charge in [0.1, 0.15) is 11.5 Å². The summed E-state index contributed by atoms with van der Waals surface area (Å²) in [4.78, 5) is 20.6. The summed E-state index contributed by atoms with van der Waals surface area (Å²) in [5, 5.41) is 14.2. The van der Waals surface area contributed by atoms with Crippen LogP contribution in [0.1, 0.15) is 5.76 Å². The SMILES string of the molecule is NC(=O)N/N=C/c1ccc(-c2ccc([N+](=O)[O-])cc2Br)o1. The van der Waals surface area contributed by atoms with Gasteiger partial charge in [0.25, 0.3) is 5.69 Å². The summed E-state index contributed by atoms with van der Waals surface area (Å²) < 4.78 is 6.02. The van der Waals surface area contributed by atoms with Gasteiger partial charge >= 0.3 is 6.03 Å². The number of nitrogens with zero attached hydrogens (tertiary/aromatic N) is 2. The van der Waals surface area contributed by atoms with Crippen LogP contribution in [0.15, 0.2) is 44.3 Å². The van der Waals surface area contributed by atoms with Crippen LogP contribution in [-0.2, 0) is 0 Å². The molecule has 3 N–H and O–H groups in total. The molecule has 0 saturated carbocycles. The molecule has 2 rings (SSSR count). The van der Waals surface area contributed by atoms with Crippen molar-refractivity contribution in [3.8, 4) is 11.3 Å². The Bertz CT molecular complexity index is 726. The minimum absolute atomic E-state index is 0.0235. The summed E-state index contributed by atoms with van der Waals surface area (Å²) in [5.41, 5.74) is 7.53. The summed E-state index contributed by atoms with van der Waals surface area (Å²) in [6, 6.07) is 6.87. The number of rotatable bonds is 4. The van der Waals surface area contributed by atoms with E-state index in [1.165, 1.54) is 18.3 Å². The van der Waals surface area contributed by atoms with Gasteiger partial charge in [0.2, 0.25) is 0 Å². The first-order valence-electron chi connectivity index (χ1n) is 5.60. The lowest BCUT2D eigenvalue weighted by molar-refractivity contribution is -0.384. The fraction of sp³-hybridized carbons (Fsp3) is 0. The van der Waals surface area contributed by atoms with Crippen LogP contribution in [0.5, 0.6) is 0 Å². The number of urea groups is 1. The second-order valence-corrected chi connectivity index (χ2v) is 4.71. The van der Waals surface area contributed by atoms with E-state index >= 15 is 0 Å². The molecule has 108 valence electrons. The van der Waals surface area contributed by atoms with Gasteiger partial charge in [-0.15, -0.1) is 0 Å². The molecule has 0 aliphatic carbocycles. The summed E-state index contributed by atoms with van der Waals surface area (Å²) in [6.07, 6.45) is 1.29. The van der Waals surface area contributed by atoms with Crippen LogP contribution in [-0.4, -0.2) is 17.2 Å². The van der Waals surface area contributed by atoms with Crippen molar-refractivity contribution in [3.63, 3.8) is 0 Å². The molecule has 21 heavy (non-hydrogen) atoms. The molecule has 1 heterocycles. The van der Waals surface area contributed by atoms with Crippen LogP contribution < -0.4 is 11.2 Å². The topological polar surface area (TPSA) is 124 Å². The minimum Gasteiger partial charge on any atom is -0.455 e. The van der Waals surface area contributed by atoms with Crippen LogP contribution in [0.25, 0.3) is 11.3 Å². The fourth-order valence-electron chi connectivity index (χ4n) is 1.54. The molecule has 0 radical (unpaired) electrons. The van der Waals surface area contributed by atoms with Crippen molar-refractivity contribution < 1.29 is 14.1 Å². The van der Waals surface area contributed by atoms with Crippen molar-refractivity contribution in [2.75, 3.05) is 0 Å². The summed E-state index contributed by atoms with van der Waals surface area (Å²) in [6.45, 7) is 0. The Morgan fingerprint density at radius 1 is 1.43 bits per heavy atom. The third-order valence-electron chi connectivity index (χ3n) is 2.42. The molecule has 0 saturated heterocycles. The van der Waals surface area contributed by atoms with E-state index in [-0.39, 0.29) is 5.69 Å². The normalized spacial score (nSPS) is 10.7. The zero-order valence-corrected chi connectivity index (χ0v) is 12.0. The summed E-state index contributed by atoms with van der Waals surface area (Å²) in [7, 11) is 0. The molecule has 1 aromatic carbocycles. The first kappa shape index (κ1) is 14.7. The van der Waals surface area contributed by atoms with Gasteiger partial charge in [0, 0.05) is 22.2 Å². The highest BCUT2D eigenvalue weighted by Crippen LogP contribution is 2.32. The highest BCUT2D eigenvalue weighted by Gasteiger charge is 2.12. The molecule has 1 aromatic heterocycles. The number of amides is 2. The molecule has 2 aromatic rings. The molecule has 0 bridgehead atoms. The van der Waals surface area contributed by atoms with Gasteiger partial charge in [-0.2, -0.15) is 5.10 Å². The van der Waals surface area contributed by atoms with E-state index in [4.69, 9.17) is 10.2 Å². The average Bonchev–Trinajstić information content (AvgIpc) is 2.86. The smallest absolute Gasteiger partial charge is 0.332 e. The zero-order valence-electron chi connectivity index (χ0n) is 10.4. The fourth-order valence-corrected chi connectivity index (χ4v) is 2.11. The Balaban J connectivity index is 2.23. The van der Waals surface area contributed by atoms with Crippen molar-refractivity contribution in [1.29, 1.82) is 0 Å². The molecule has 0 fully saturated rings. The average molecular weight is 353 g/mol. The number of nitro benzene ring substituents is 1. The number of nitro groups is 1. The third-order valence-corrected chi connectivity index (χ3v) is 3.08. The number of halogens is 1. The van der Waals surface area contributed by atoms with E-state index in [1.54, 1.807) is 18.2 Å². The maximum absolute atomic E-state index is 10.7. The van der Waals surface area contributed by atoms with Crippen molar-refractivity contribution in [2.45, 2.75) is 0 Å². The monoisotopic (exact) mass is 352 g/mol. The number of hydrogen-bond acceptors (Lipinski definition) is 5. The van der Waals surface area contributed by atoms with Gasteiger partial charge in [0.15, 0.2) is 0 Å². The molecule has 0 aliphatic rings. The molecular formula is C12H9BrN4O4. The number of non-ortho nitro benzene ring substituents is 1. The van der Waals surface area contributed by atoms with E-state index in [9.17, 15) is 14.9 Å². The molecular weight excluding hydrogens is 344 g/mol. The lowest BCUT2D eigenvalue weighted by Crippen LogP contribution is -2.24. The number of carbonyl (C=O) groups excluding carboxylic acids is 1. The van der Waals surface area contributed by atoms with E-state index in [0.717, 1.165) is 0 Å². The van der Waals surface area contributed by atoms with Crippen LogP contribution in [0, 0.1) is 10.1 Å². The number of primary amides is 1. The van der Waals surface area contributed by atoms with E-state index in [1.807, 2.05) is 5.43 Å². The third kappa shape index (κ3) is 3.66. The van der Waals surface area contributed by atoms with Gasteiger partial charge in [-0.25, -0.2) is 10.2 Å². The molecule has 0 atom stereocenters. The molecule has 0 aliphatic heterocycles. The Morgan fingerprint density at radius 3 is 2.81 bits per heavy atom. The van der Waals surface area contributed by atoms with Crippen LogP contribution >= 0.6 is 15.9 Å². The summed E-state index contributed by atoms with van der Waals surface area (Å²) in [5.74, 6) is 0.890. The Kier molecular flexibility index (Phi) is 4.33. The number of carbonyl (C=O) groups is 1. The van der Waals surface area contributed by atoms with Crippen LogP contribution in [0.3, 0.4) is 0 Å². The minimum atomic E-state index is -0.781.